The first-order chi connectivity index (χ1) is 9.21. The quantitative estimate of drug-likeness (QED) is 0.733. The number of anilines is 1. The molecule has 20 heavy (non-hydrogen) atoms. The normalized spacial score (nSPS) is 11.8. The van der Waals surface area contributed by atoms with E-state index in [0.29, 0.717) is 12.2 Å². The minimum atomic E-state index is -3.84. The molecule has 1 aromatic heterocycles. The van der Waals surface area contributed by atoms with E-state index in [4.69, 9.17) is 5.73 Å². The molecule has 1 heterocycles. The van der Waals surface area contributed by atoms with E-state index in [2.05, 4.69) is 10.4 Å². The third-order valence-electron chi connectivity index (χ3n) is 2.91. The molecule has 1 rings (SSSR count). The molecule has 8 nitrogen and oxygen atoms in total. The molecule has 0 aliphatic carbocycles. The molecule has 0 spiro atoms. The Balaban J connectivity index is 2.96. The van der Waals surface area contributed by atoms with Crippen LogP contribution in [0.5, 0.6) is 0 Å². The van der Waals surface area contributed by atoms with Crippen LogP contribution in [0.3, 0.4) is 0 Å². The van der Waals surface area contributed by atoms with Gasteiger partial charge in [0.15, 0.2) is 5.82 Å². The molecule has 1 amide bonds. The first-order valence-electron chi connectivity index (χ1n) is 6.23. The van der Waals surface area contributed by atoms with Crippen LogP contribution >= 0.6 is 0 Å². The van der Waals surface area contributed by atoms with Crippen molar-refractivity contribution in [3.63, 3.8) is 0 Å². The second kappa shape index (κ2) is 6.23. The van der Waals surface area contributed by atoms with Gasteiger partial charge in [0.05, 0.1) is 12.2 Å². The van der Waals surface area contributed by atoms with E-state index in [9.17, 15) is 13.2 Å². The number of aryl methyl sites for hydroxylation is 1. The topological polar surface area (TPSA) is 110 Å². The molecule has 0 saturated carbocycles. The molecule has 0 aliphatic heterocycles. The van der Waals surface area contributed by atoms with E-state index in [1.807, 2.05) is 6.92 Å². The van der Waals surface area contributed by atoms with Crippen molar-refractivity contribution in [1.29, 1.82) is 0 Å². The van der Waals surface area contributed by atoms with Crippen molar-refractivity contribution in [3.8, 4) is 0 Å². The van der Waals surface area contributed by atoms with Gasteiger partial charge in [-0.05, 0) is 13.3 Å². The molecule has 114 valence electrons. The van der Waals surface area contributed by atoms with Gasteiger partial charge in [-0.25, -0.2) is 8.42 Å². The third-order valence-corrected chi connectivity index (χ3v) is 4.88. The Morgan fingerprint density at radius 3 is 2.55 bits per heavy atom. The molecule has 1 aromatic rings. The van der Waals surface area contributed by atoms with Gasteiger partial charge in [0.2, 0.25) is 15.9 Å². The zero-order valence-corrected chi connectivity index (χ0v) is 13.0. The van der Waals surface area contributed by atoms with Crippen molar-refractivity contribution >= 4 is 21.7 Å². The highest BCUT2D eigenvalue weighted by Gasteiger charge is 2.29. The van der Waals surface area contributed by atoms with Crippen LogP contribution in [0.4, 0.5) is 5.82 Å². The van der Waals surface area contributed by atoms with Gasteiger partial charge in [-0.1, -0.05) is 6.92 Å². The van der Waals surface area contributed by atoms with Crippen molar-refractivity contribution in [2.75, 3.05) is 25.9 Å². The van der Waals surface area contributed by atoms with Crippen LogP contribution in [-0.4, -0.2) is 48.5 Å². The van der Waals surface area contributed by atoms with Crippen molar-refractivity contribution in [2.24, 2.45) is 7.05 Å². The zero-order chi connectivity index (χ0) is 15.5. The molecule has 0 unspecified atom stereocenters. The maximum Gasteiger partial charge on any atom is 0.248 e. The molecule has 9 heteroatoms. The van der Waals surface area contributed by atoms with Crippen molar-refractivity contribution in [2.45, 2.75) is 25.2 Å². The predicted molar refractivity (Wildman–Crippen MR) is 75.5 cm³/mol. The van der Waals surface area contributed by atoms with Gasteiger partial charge in [0.1, 0.15) is 4.90 Å². The molecule has 0 fully saturated rings. The number of aromatic nitrogens is 2. The number of sulfonamides is 1. The summed E-state index contributed by atoms with van der Waals surface area (Å²) in [6, 6.07) is 0. The maximum atomic E-state index is 12.4. The second-order valence-electron chi connectivity index (χ2n) is 4.53. The van der Waals surface area contributed by atoms with Gasteiger partial charge in [-0.15, -0.1) is 0 Å². The molecule has 3 N–H and O–H groups in total. The molecule has 0 saturated heterocycles. The number of hydrogen-bond acceptors (Lipinski definition) is 5. The third kappa shape index (κ3) is 3.28. The molecular formula is C11H21N5O3S. The lowest BCUT2D eigenvalue weighted by molar-refractivity contribution is -0.121. The van der Waals surface area contributed by atoms with E-state index in [1.54, 1.807) is 14.0 Å². The summed E-state index contributed by atoms with van der Waals surface area (Å²) in [5.74, 6) is -0.413. The Labute approximate surface area is 119 Å². The molecule has 0 aliphatic rings. The van der Waals surface area contributed by atoms with E-state index >= 15 is 0 Å². The lowest BCUT2D eigenvalue weighted by Gasteiger charge is -2.16. The van der Waals surface area contributed by atoms with Crippen LogP contribution < -0.4 is 11.1 Å². The summed E-state index contributed by atoms with van der Waals surface area (Å²) in [4.78, 5) is 11.5. The monoisotopic (exact) mass is 303 g/mol. The van der Waals surface area contributed by atoms with Crippen LogP contribution in [0, 0.1) is 6.92 Å². The standard InChI is InChI=1S/C11H21N5O3S/c1-5-6-13-9(17)7-15(3)20(18,19)10-8(2)16(4)14-11(10)12/h5-7H2,1-4H3,(H2,12,14)(H,13,17). The van der Waals surface area contributed by atoms with Gasteiger partial charge >= 0.3 is 0 Å². The Kier molecular flexibility index (Phi) is 5.12. The highest BCUT2D eigenvalue weighted by atomic mass is 32.2. The summed E-state index contributed by atoms with van der Waals surface area (Å²) in [5, 5.41) is 6.50. The fourth-order valence-electron chi connectivity index (χ4n) is 1.70. The number of carbonyl (C=O) groups excluding carboxylic acids is 1. The Morgan fingerprint density at radius 2 is 2.10 bits per heavy atom. The molecule has 0 atom stereocenters. The SMILES string of the molecule is CCCNC(=O)CN(C)S(=O)(=O)c1c(N)nn(C)c1C. The van der Waals surface area contributed by atoms with E-state index in [1.165, 1.54) is 11.7 Å². The van der Waals surface area contributed by atoms with E-state index < -0.39 is 10.0 Å². The summed E-state index contributed by atoms with van der Waals surface area (Å²) in [7, 11) is -0.886. The first kappa shape index (κ1) is 16.4. The van der Waals surface area contributed by atoms with Crippen molar-refractivity contribution < 1.29 is 13.2 Å². The van der Waals surface area contributed by atoms with Gasteiger partial charge in [-0.3, -0.25) is 9.48 Å². The lowest BCUT2D eigenvalue weighted by atomic mass is 10.4. The number of nitrogens with zero attached hydrogens (tertiary/aromatic N) is 3. The minimum absolute atomic E-state index is 0.0502. The number of amides is 1. The summed E-state index contributed by atoms with van der Waals surface area (Å²) >= 11 is 0. The number of rotatable bonds is 6. The average molecular weight is 303 g/mol. The van der Waals surface area contributed by atoms with Gasteiger partial charge < -0.3 is 11.1 Å². The van der Waals surface area contributed by atoms with E-state index in [0.717, 1.165) is 10.7 Å². The molecule has 0 aromatic carbocycles. The van der Waals surface area contributed by atoms with Gasteiger partial charge in [0.25, 0.3) is 0 Å². The van der Waals surface area contributed by atoms with Crippen LogP contribution in [0.25, 0.3) is 0 Å². The van der Waals surface area contributed by atoms with Crippen LogP contribution in [0.15, 0.2) is 4.90 Å². The number of carbonyl (C=O) groups is 1. The number of nitrogens with one attached hydrogen (secondary N) is 1. The number of nitrogens with two attached hydrogens (primary N) is 1. The van der Waals surface area contributed by atoms with Gasteiger partial charge in [-0.2, -0.15) is 9.40 Å². The largest absolute Gasteiger partial charge is 0.381 e. The molecule has 0 bridgehead atoms. The fraction of sp³-hybridized carbons (Fsp3) is 0.636. The van der Waals surface area contributed by atoms with Crippen LogP contribution in [0.1, 0.15) is 19.0 Å². The Bertz CT molecular complexity index is 593. The lowest BCUT2D eigenvalue weighted by Crippen LogP contribution is -2.38. The molecule has 0 radical (unpaired) electrons. The summed E-state index contributed by atoms with van der Waals surface area (Å²) in [6.45, 7) is 3.79. The highest BCUT2D eigenvalue weighted by Crippen LogP contribution is 2.24. The van der Waals surface area contributed by atoms with Crippen LogP contribution in [0.2, 0.25) is 0 Å². The average Bonchev–Trinajstić information content (AvgIpc) is 2.60. The second-order valence-corrected chi connectivity index (χ2v) is 6.52. The number of hydrogen-bond donors (Lipinski definition) is 2. The van der Waals surface area contributed by atoms with Gasteiger partial charge in [0, 0.05) is 20.6 Å². The van der Waals surface area contributed by atoms with Crippen molar-refractivity contribution in [1.82, 2.24) is 19.4 Å². The Hall–Kier alpha value is -1.61. The first-order valence-corrected chi connectivity index (χ1v) is 7.67. The predicted octanol–water partition coefficient (Wildman–Crippen LogP) is -0.543. The Morgan fingerprint density at radius 1 is 1.50 bits per heavy atom. The smallest absolute Gasteiger partial charge is 0.248 e. The summed E-state index contributed by atoms with van der Waals surface area (Å²) in [6.07, 6.45) is 0.789. The summed E-state index contributed by atoms with van der Waals surface area (Å²) in [5.41, 5.74) is 6.07. The molecular weight excluding hydrogens is 282 g/mol. The zero-order valence-electron chi connectivity index (χ0n) is 12.2. The van der Waals surface area contributed by atoms with Crippen LogP contribution in [-0.2, 0) is 21.9 Å². The minimum Gasteiger partial charge on any atom is -0.381 e. The van der Waals surface area contributed by atoms with E-state index in [-0.39, 0.29) is 23.2 Å². The fourth-order valence-corrected chi connectivity index (χ4v) is 3.11. The summed E-state index contributed by atoms with van der Waals surface area (Å²) < 4.78 is 27.2. The number of nitrogen functional groups attached to an aromatic ring is 1. The number of likely N-dealkylation sites (N-methyl/N-ethyl adjacent to an activating group) is 1. The maximum absolute atomic E-state index is 12.4. The highest BCUT2D eigenvalue weighted by molar-refractivity contribution is 7.89. The van der Waals surface area contributed by atoms with Crippen molar-refractivity contribution in [3.05, 3.63) is 5.69 Å².